The smallest absolute Gasteiger partial charge is 0.0949 e. The van der Waals surface area contributed by atoms with E-state index in [-0.39, 0.29) is 11.1 Å². The lowest BCUT2D eigenvalue weighted by molar-refractivity contribution is 0.343. The Morgan fingerprint density at radius 3 is 2.62 bits per heavy atom. The number of hydrogen-bond donors (Lipinski definition) is 1. The van der Waals surface area contributed by atoms with Crippen molar-refractivity contribution in [3.63, 3.8) is 0 Å². The maximum atomic E-state index is 8.23. The summed E-state index contributed by atoms with van der Waals surface area (Å²) in [5.74, 6) is 0. The second-order valence-electron chi connectivity index (χ2n) is 1.28. The Kier molecular flexibility index (Phi) is 5.98. The summed E-state index contributed by atoms with van der Waals surface area (Å²) in [6.45, 7) is 0.0908. The third-order valence-corrected chi connectivity index (χ3v) is 2.62. The first-order chi connectivity index (χ1) is 3.77. The molecule has 0 fully saturated rings. The van der Waals surface area contributed by atoms with Gasteiger partial charge in [0, 0.05) is 0 Å². The topological polar surface area (TPSA) is 20.2 Å². The molecule has 0 atom stereocenters. The molecule has 0 aromatic heterocycles. The lowest BCUT2D eigenvalue weighted by atomic mass is 10.7. The monoisotopic (exact) mass is 170 g/mol. The third-order valence-electron chi connectivity index (χ3n) is 0.586. The van der Waals surface area contributed by atoms with E-state index in [9.17, 15) is 0 Å². The van der Waals surface area contributed by atoms with E-state index >= 15 is 0 Å². The highest BCUT2D eigenvalue weighted by Crippen LogP contribution is 1.97. The van der Waals surface area contributed by atoms with Crippen LogP contribution in [0.1, 0.15) is 0 Å². The first kappa shape index (κ1) is 8.50. The van der Waals surface area contributed by atoms with E-state index in [2.05, 4.69) is 0 Å². The second-order valence-corrected chi connectivity index (χ2v) is 5.35. The summed E-state index contributed by atoms with van der Waals surface area (Å²) in [4.78, 5) is 0. The van der Waals surface area contributed by atoms with E-state index < -0.39 is 9.52 Å². The maximum Gasteiger partial charge on any atom is 0.0949 e. The molecule has 0 aliphatic rings. The number of halogens is 2. The Bertz CT molecular complexity index is 74.4. The van der Waals surface area contributed by atoms with Crippen LogP contribution < -0.4 is 0 Å². The molecule has 48 valence electrons. The molecule has 0 aliphatic carbocycles. The molecule has 0 aromatic carbocycles. The first-order valence-corrected chi connectivity index (χ1v) is 4.82. The fraction of sp³-hybridized carbons (Fsp3) is 0.500. The zero-order chi connectivity index (χ0) is 6.41. The SMILES string of the molecule is OCC=C[SiH2]C(Cl)Cl. The minimum Gasteiger partial charge on any atom is -0.392 e. The molecular weight excluding hydrogens is 163 g/mol. The summed E-state index contributed by atoms with van der Waals surface area (Å²) >= 11 is 10.8. The molecule has 4 heteroatoms. The molecule has 0 heterocycles. The molecule has 0 saturated heterocycles. The normalized spacial score (nSPS) is 13.0. The van der Waals surface area contributed by atoms with Crippen molar-refractivity contribution in [2.45, 2.75) is 4.46 Å². The van der Waals surface area contributed by atoms with E-state index in [0.717, 1.165) is 0 Å². The van der Waals surface area contributed by atoms with Gasteiger partial charge in [-0.1, -0.05) is 11.8 Å². The Morgan fingerprint density at radius 1 is 1.62 bits per heavy atom. The van der Waals surface area contributed by atoms with Crippen molar-refractivity contribution in [3.8, 4) is 0 Å². The fourth-order valence-corrected chi connectivity index (χ4v) is 1.44. The Morgan fingerprint density at radius 2 is 2.25 bits per heavy atom. The summed E-state index contributed by atoms with van der Waals surface area (Å²) in [6, 6.07) is 0. The van der Waals surface area contributed by atoms with Gasteiger partial charge in [-0.05, 0) is 0 Å². The summed E-state index contributed by atoms with van der Waals surface area (Å²) in [5.41, 5.74) is 1.88. The van der Waals surface area contributed by atoms with Gasteiger partial charge in [0.2, 0.25) is 0 Å². The molecule has 0 bridgehead atoms. The van der Waals surface area contributed by atoms with Crippen molar-refractivity contribution < 1.29 is 5.11 Å². The van der Waals surface area contributed by atoms with Crippen LogP contribution in [-0.2, 0) is 0 Å². The van der Waals surface area contributed by atoms with Gasteiger partial charge in [-0.3, -0.25) is 0 Å². The molecule has 0 aromatic rings. The van der Waals surface area contributed by atoms with Crippen LogP contribution in [0.25, 0.3) is 0 Å². The summed E-state index contributed by atoms with van der Waals surface area (Å²) in [7, 11) is -0.475. The number of rotatable bonds is 3. The summed E-state index contributed by atoms with van der Waals surface area (Å²) < 4.78 is -0.210. The minimum atomic E-state index is -0.475. The van der Waals surface area contributed by atoms with Gasteiger partial charge in [0.1, 0.15) is 0 Å². The molecule has 0 amide bonds. The van der Waals surface area contributed by atoms with Gasteiger partial charge in [-0.15, -0.1) is 23.2 Å². The fourth-order valence-electron chi connectivity index (χ4n) is 0.274. The Labute approximate surface area is 61.1 Å². The largest absolute Gasteiger partial charge is 0.392 e. The quantitative estimate of drug-likeness (QED) is 0.482. The number of aliphatic hydroxyl groups is 1. The van der Waals surface area contributed by atoms with Crippen molar-refractivity contribution in [1.29, 1.82) is 0 Å². The molecule has 0 radical (unpaired) electrons. The van der Waals surface area contributed by atoms with Crippen molar-refractivity contribution in [2.75, 3.05) is 6.61 Å². The van der Waals surface area contributed by atoms with Crippen LogP contribution >= 0.6 is 23.2 Å². The van der Waals surface area contributed by atoms with E-state index in [4.69, 9.17) is 28.3 Å². The Balaban J connectivity index is 3.03. The van der Waals surface area contributed by atoms with Crippen LogP contribution in [0.15, 0.2) is 11.8 Å². The highest BCUT2D eigenvalue weighted by atomic mass is 35.5. The third kappa shape index (κ3) is 6.50. The molecule has 0 saturated carbocycles. The van der Waals surface area contributed by atoms with Gasteiger partial charge in [0.05, 0.1) is 20.6 Å². The predicted octanol–water partition coefficient (Wildman–Crippen LogP) is 0.422. The molecule has 0 spiro atoms. The molecule has 0 unspecified atom stereocenters. The Hall–Kier alpha value is 0.497. The summed E-state index contributed by atoms with van der Waals surface area (Å²) in [5, 5.41) is 8.23. The van der Waals surface area contributed by atoms with Gasteiger partial charge in [-0.2, -0.15) is 0 Å². The van der Waals surface area contributed by atoms with Gasteiger partial charge >= 0.3 is 0 Å². The van der Waals surface area contributed by atoms with E-state index in [1.54, 1.807) is 6.08 Å². The lowest BCUT2D eigenvalue weighted by Crippen LogP contribution is -1.96. The van der Waals surface area contributed by atoms with Crippen LogP contribution in [0.2, 0.25) is 0 Å². The zero-order valence-electron chi connectivity index (χ0n) is 4.35. The average molecular weight is 171 g/mol. The predicted molar refractivity (Wildman–Crippen MR) is 40.3 cm³/mol. The minimum absolute atomic E-state index is 0.0908. The zero-order valence-corrected chi connectivity index (χ0v) is 7.28. The van der Waals surface area contributed by atoms with Crippen LogP contribution in [0.4, 0.5) is 0 Å². The van der Waals surface area contributed by atoms with E-state index in [0.29, 0.717) is 0 Å². The summed E-state index contributed by atoms with van der Waals surface area (Å²) in [6.07, 6.45) is 1.67. The van der Waals surface area contributed by atoms with Gasteiger partial charge in [0.25, 0.3) is 0 Å². The molecule has 1 nitrogen and oxygen atoms in total. The molecule has 0 aliphatic heterocycles. The molecular formula is C4H8Cl2OSi. The highest BCUT2D eigenvalue weighted by Gasteiger charge is 1.91. The van der Waals surface area contributed by atoms with Crippen molar-refractivity contribution >= 4 is 32.7 Å². The van der Waals surface area contributed by atoms with Crippen LogP contribution in [-0.4, -0.2) is 25.7 Å². The number of aliphatic hydroxyl groups excluding tert-OH is 1. The van der Waals surface area contributed by atoms with Crippen LogP contribution in [0.3, 0.4) is 0 Å². The molecule has 8 heavy (non-hydrogen) atoms. The molecule has 1 N–H and O–H groups in total. The first-order valence-electron chi connectivity index (χ1n) is 2.31. The average Bonchev–Trinajstić information content (AvgIpc) is 1.66. The highest BCUT2D eigenvalue weighted by molar-refractivity contribution is 6.71. The van der Waals surface area contributed by atoms with E-state index in [1.807, 2.05) is 5.70 Å². The standard InChI is InChI=1S/C4H8Cl2OSi/c5-4(6)8-3-1-2-7/h1,3-4,7H,2,8H2. The van der Waals surface area contributed by atoms with Crippen molar-refractivity contribution in [3.05, 3.63) is 11.8 Å². The van der Waals surface area contributed by atoms with Crippen LogP contribution in [0.5, 0.6) is 0 Å². The van der Waals surface area contributed by atoms with Crippen molar-refractivity contribution in [2.24, 2.45) is 0 Å². The number of alkyl halides is 2. The van der Waals surface area contributed by atoms with Crippen molar-refractivity contribution in [1.82, 2.24) is 0 Å². The second kappa shape index (κ2) is 5.63. The lowest BCUT2D eigenvalue weighted by Gasteiger charge is -1.88. The van der Waals surface area contributed by atoms with Gasteiger partial charge < -0.3 is 5.11 Å². The maximum absolute atomic E-state index is 8.23. The van der Waals surface area contributed by atoms with E-state index in [1.165, 1.54) is 0 Å². The van der Waals surface area contributed by atoms with Gasteiger partial charge in [0.15, 0.2) is 0 Å². The van der Waals surface area contributed by atoms with Gasteiger partial charge in [-0.25, -0.2) is 0 Å². The number of hydrogen-bond acceptors (Lipinski definition) is 1. The van der Waals surface area contributed by atoms with Crippen LogP contribution in [0, 0.1) is 0 Å². The molecule has 0 rings (SSSR count).